The number of nitrogens with one attached hydrogen (secondary N) is 3. The van der Waals surface area contributed by atoms with Crippen LogP contribution in [-0.2, 0) is 4.79 Å². The van der Waals surface area contributed by atoms with Crippen molar-refractivity contribution in [1.82, 2.24) is 25.8 Å². The second kappa shape index (κ2) is 6.49. The van der Waals surface area contributed by atoms with Crippen molar-refractivity contribution in [2.24, 2.45) is 5.92 Å². The maximum absolute atomic E-state index is 11.8. The Labute approximate surface area is 107 Å². The quantitative estimate of drug-likeness (QED) is 0.721. The summed E-state index contributed by atoms with van der Waals surface area (Å²) < 4.78 is 0. The number of carbonyl (C=O) groups excluding carboxylic acids is 1. The topological polar surface area (TPSA) is 82.7 Å². The van der Waals surface area contributed by atoms with Crippen LogP contribution in [0.4, 0.5) is 0 Å². The fourth-order valence-corrected chi connectivity index (χ4v) is 2.31. The SMILES string of the molecule is CC(NC(=O)CCC1CCNCC1)c1ncn[nH]1. The number of H-pyrrole nitrogens is 1. The predicted octanol–water partition coefficient (Wildman–Crippen LogP) is 0.762. The minimum atomic E-state index is -0.104. The molecule has 0 aromatic carbocycles. The third-order valence-electron chi connectivity index (χ3n) is 3.46. The zero-order valence-electron chi connectivity index (χ0n) is 10.8. The molecule has 1 unspecified atom stereocenters. The lowest BCUT2D eigenvalue weighted by Crippen LogP contribution is -2.30. The van der Waals surface area contributed by atoms with Gasteiger partial charge in [-0.2, -0.15) is 5.10 Å². The summed E-state index contributed by atoms with van der Waals surface area (Å²) in [6.45, 7) is 4.07. The molecule has 1 saturated heterocycles. The summed E-state index contributed by atoms with van der Waals surface area (Å²) in [6.07, 6.45) is 5.41. The van der Waals surface area contributed by atoms with Crippen LogP contribution in [0.25, 0.3) is 0 Å². The van der Waals surface area contributed by atoms with Crippen LogP contribution in [-0.4, -0.2) is 34.2 Å². The Morgan fingerprint density at radius 1 is 1.56 bits per heavy atom. The van der Waals surface area contributed by atoms with Crippen molar-refractivity contribution in [2.45, 2.75) is 38.6 Å². The Balaban J connectivity index is 1.68. The molecule has 2 rings (SSSR count). The van der Waals surface area contributed by atoms with E-state index in [1.165, 1.54) is 19.2 Å². The molecule has 1 atom stereocenters. The van der Waals surface area contributed by atoms with Gasteiger partial charge in [0.25, 0.3) is 0 Å². The normalized spacial score (nSPS) is 18.5. The summed E-state index contributed by atoms with van der Waals surface area (Å²) >= 11 is 0. The van der Waals surface area contributed by atoms with Gasteiger partial charge < -0.3 is 10.6 Å². The van der Waals surface area contributed by atoms with Gasteiger partial charge in [0.15, 0.2) is 0 Å². The number of aromatic amines is 1. The van der Waals surface area contributed by atoms with Crippen molar-refractivity contribution in [1.29, 1.82) is 0 Å². The number of piperidine rings is 1. The van der Waals surface area contributed by atoms with E-state index in [1.807, 2.05) is 6.92 Å². The van der Waals surface area contributed by atoms with E-state index in [0.29, 0.717) is 18.2 Å². The van der Waals surface area contributed by atoms with Gasteiger partial charge >= 0.3 is 0 Å². The van der Waals surface area contributed by atoms with E-state index >= 15 is 0 Å². The third-order valence-corrected chi connectivity index (χ3v) is 3.46. The summed E-state index contributed by atoms with van der Waals surface area (Å²) in [5.41, 5.74) is 0. The average Bonchev–Trinajstić information content (AvgIpc) is 2.91. The maximum Gasteiger partial charge on any atom is 0.220 e. The van der Waals surface area contributed by atoms with Crippen LogP contribution in [0.15, 0.2) is 6.33 Å². The number of amides is 1. The molecular weight excluding hydrogens is 230 g/mol. The Morgan fingerprint density at radius 2 is 2.33 bits per heavy atom. The number of nitrogens with zero attached hydrogens (tertiary/aromatic N) is 2. The summed E-state index contributed by atoms with van der Waals surface area (Å²) in [7, 11) is 0. The number of carbonyl (C=O) groups is 1. The molecule has 0 aliphatic carbocycles. The van der Waals surface area contributed by atoms with Gasteiger partial charge in [-0.15, -0.1) is 0 Å². The van der Waals surface area contributed by atoms with Gasteiger partial charge in [-0.25, -0.2) is 4.98 Å². The molecule has 3 N–H and O–H groups in total. The molecule has 18 heavy (non-hydrogen) atoms. The Bertz CT molecular complexity index is 359. The molecule has 0 spiro atoms. The summed E-state index contributed by atoms with van der Waals surface area (Å²) in [4.78, 5) is 15.8. The molecule has 1 aromatic rings. The second-order valence-corrected chi connectivity index (χ2v) is 4.89. The van der Waals surface area contributed by atoms with Crippen molar-refractivity contribution in [2.75, 3.05) is 13.1 Å². The molecule has 6 heteroatoms. The summed E-state index contributed by atoms with van der Waals surface area (Å²) in [6, 6.07) is -0.104. The van der Waals surface area contributed by atoms with Crippen molar-refractivity contribution >= 4 is 5.91 Å². The fourth-order valence-electron chi connectivity index (χ4n) is 2.31. The Hall–Kier alpha value is -1.43. The molecule has 2 heterocycles. The van der Waals surface area contributed by atoms with Crippen LogP contribution < -0.4 is 10.6 Å². The van der Waals surface area contributed by atoms with Gasteiger partial charge in [0.2, 0.25) is 5.91 Å². The lowest BCUT2D eigenvalue weighted by atomic mass is 9.93. The van der Waals surface area contributed by atoms with Gasteiger partial charge in [-0.05, 0) is 45.2 Å². The van der Waals surface area contributed by atoms with E-state index in [2.05, 4.69) is 25.8 Å². The van der Waals surface area contributed by atoms with Gasteiger partial charge in [-0.3, -0.25) is 9.89 Å². The highest BCUT2D eigenvalue weighted by atomic mass is 16.1. The molecule has 6 nitrogen and oxygen atoms in total. The van der Waals surface area contributed by atoms with E-state index in [9.17, 15) is 4.79 Å². The number of aromatic nitrogens is 3. The third kappa shape index (κ3) is 3.80. The Morgan fingerprint density at radius 3 is 3.00 bits per heavy atom. The van der Waals surface area contributed by atoms with Crippen LogP contribution in [0, 0.1) is 5.92 Å². The highest BCUT2D eigenvalue weighted by Gasteiger charge is 2.16. The van der Waals surface area contributed by atoms with Gasteiger partial charge in [0.05, 0.1) is 6.04 Å². The summed E-state index contributed by atoms with van der Waals surface area (Å²) in [5.74, 6) is 1.49. The van der Waals surface area contributed by atoms with E-state index in [1.54, 1.807) is 0 Å². The molecule has 0 radical (unpaired) electrons. The van der Waals surface area contributed by atoms with Crippen LogP contribution in [0.3, 0.4) is 0 Å². The first-order valence-corrected chi connectivity index (χ1v) is 6.61. The van der Waals surface area contributed by atoms with Crippen molar-refractivity contribution < 1.29 is 4.79 Å². The van der Waals surface area contributed by atoms with Crippen LogP contribution in [0.1, 0.15) is 44.5 Å². The lowest BCUT2D eigenvalue weighted by molar-refractivity contribution is -0.122. The highest BCUT2D eigenvalue weighted by molar-refractivity contribution is 5.76. The maximum atomic E-state index is 11.8. The van der Waals surface area contributed by atoms with Crippen molar-refractivity contribution in [3.05, 3.63) is 12.2 Å². The average molecular weight is 251 g/mol. The molecule has 0 bridgehead atoms. The molecule has 100 valence electrons. The van der Waals surface area contributed by atoms with Gasteiger partial charge in [0, 0.05) is 6.42 Å². The predicted molar refractivity (Wildman–Crippen MR) is 67.8 cm³/mol. The zero-order valence-corrected chi connectivity index (χ0v) is 10.8. The Kier molecular flexibility index (Phi) is 4.69. The molecule has 1 fully saturated rings. The first kappa shape index (κ1) is 13.0. The summed E-state index contributed by atoms with van der Waals surface area (Å²) in [5, 5.41) is 12.8. The van der Waals surface area contributed by atoms with E-state index in [-0.39, 0.29) is 11.9 Å². The lowest BCUT2D eigenvalue weighted by Gasteiger charge is -2.22. The fraction of sp³-hybridized carbons (Fsp3) is 0.750. The first-order valence-electron chi connectivity index (χ1n) is 6.61. The standard InChI is InChI=1S/C12H21N5O/c1-9(12-14-8-15-17-12)16-11(18)3-2-10-4-6-13-7-5-10/h8-10,13H,2-7H2,1H3,(H,16,18)(H,14,15,17). The largest absolute Gasteiger partial charge is 0.346 e. The monoisotopic (exact) mass is 251 g/mol. The molecule has 0 saturated carbocycles. The molecule has 1 aliphatic rings. The van der Waals surface area contributed by atoms with E-state index < -0.39 is 0 Å². The van der Waals surface area contributed by atoms with Crippen molar-refractivity contribution in [3.8, 4) is 0 Å². The molecule has 1 amide bonds. The molecular formula is C12H21N5O. The second-order valence-electron chi connectivity index (χ2n) is 4.89. The van der Waals surface area contributed by atoms with E-state index in [0.717, 1.165) is 19.5 Å². The van der Waals surface area contributed by atoms with Gasteiger partial charge in [-0.1, -0.05) is 0 Å². The van der Waals surface area contributed by atoms with Crippen LogP contribution >= 0.6 is 0 Å². The zero-order chi connectivity index (χ0) is 12.8. The number of hydrogen-bond donors (Lipinski definition) is 3. The molecule has 1 aromatic heterocycles. The number of rotatable bonds is 5. The molecule has 1 aliphatic heterocycles. The van der Waals surface area contributed by atoms with E-state index in [4.69, 9.17) is 0 Å². The minimum Gasteiger partial charge on any atom is -0.346 e. The minimum absolute atomic E-state index is 0.0948. The first-order chi connectivity index (χ1) is 8.75. The van der Waals surface area contributed by atoms with Crippen molar-refractivity contribution in [3.63, 3.8) is 0 Å². The highest BCUT2D eigenvalue weighted by Crippen LogP contribution is 2.17. The van der Waals surface area contributed by atoms with Crippen LogP contribution in [0.5, 0.6) is 0 Å². The van der Waals surface area contributed by atoms with Gasteiger partial charge in [0.1, 0.15) is 12.2 Å². The number of hydrogen-bond acceptors (Lipinski definition) is 4. The van der Waals surface area contributed by atoms with Crippen LogP contribution in [0.2, 0.25) is 0 Å². The smallest absolute Gasteiger partial charge is 0.220 e.